The second-order valence-electron chi connectivity index (χ2n) is 6.60. The van der Waals surface area contributed by atoms with Crippen molar-refractivity contribution >= 4 is 23.5 Å². The molecular weight excluding hydrogens is 360 g/mol. The van der Waals surface area contributed by atoms with Crippen LogP contribution >= 0.6 is 11.8 Å². The molecular formula is C20H22N4O2S. The van der Waals surface area contributed by atoms with Crippen molar-refractivity contribution in [3.8, 4) is 0 Å². The van der Waals surface area contributed by atoms with Gasteiger partial charge >= 0.3 is 6.03 Å². The number of urea groups is 1. The van der Waals surface area contributed by atoms with Crippen molar-refractivity contribution in [2.45, 2.75) is 37.1 Å². The standard InChI is InChI=1S/C20H22N4O2S/c1-15-12-17-13-23(9-3-10-24(17)22-15)20(25)21-16-5-7-19(8-6-16)27-14-18-4-2-11-26-18/h2,4-8,11-12H,3,9-10,13-14H2,1H3,(H,21,25). The van der Waals surface area contributed by atoms with E-state index in [1.54, 1.807) is 18.0 Å². The summed E-state index contributed by atoms with van der Waals surface area (Å²) < 4.78 is 7.35. The molecule has 0 saturated carbocycles. The number of amides is 2. The van der Waals surface area contributed by atoms with Gasteiger partial charge in [0, 0.05) is 23.7 Å². The fraction of sp³-hybridized carbons (Fsp3) is 0.300. The molecule has 6 nitrogen and oxygen atoms in total. The fourth-order valence-corrected chi connectivity index (χ4v) is 3.97. The highest BCUT2D eigenvalue weighted by molar-refractivity contribution is 7.98. The molecule has 0 unspecified atom stereocenters. The van der Waals surface area contributed by atoms with Gasteiger partial charge in [-0.15, -0.1) is 11.8 Å². The molecule has 2 aromatic heterocycles. The molecule has 1 aliphatic rings. The molecule has 27 heavy (non-hydrogen) atoms. The molecule has 3 heterocycles. The minimum absolute atomic E-state index is 0.0710. The molecule has 0 saturated heterocycles. The minimum atomic E-state index is -0.0710. The number of benzene rings is 1. The average Bonchev–Trinajstić information content (AvgIpc) is 3.26. The number of nitrogens with zero attached hydrogens (tertiary/aromatic N) is 3. The number of rotatable bonds is 4. The average molecular weight is 382 g/mol. The number of hydrogen-bond acceptors (Lipinski definition) is 4. The van der Waals surface area contributed by atoms with Gasteiger partial charge in [-0.3, -0.25) is 4.68 Å². The van der Waals surface area contributed by atoms with E-state index in [2.05, 4.69) is 16.5 Å². The number of anilines is 1. The van der Waals surface area contributed by atoms with E-state index < -0.39 is 0 Å². The van der Waals surface area contributed by atoms with E-state index in [9.17, 15) is 4.79 Å². The number of carbonyl (C=O) groups excluding carboxylic acids is 1. The molecule has 1 N–H and O–H groups in total. The number of hydrogen-bond donors (Lipinski definition) is 1. The quantitative estimate of drug-likeness (QED) is 0.674. The second kappa shape index (κ2) is 7.92. The molecule has 0 bridgehead atoms. The maximum absolute atomic E-state index is 12.7. The second-order valence-corrected chi connectivity index (χ2v) is 7.65. The third-order valence-electron chi connectivity index (χ3n) is 4.49. The first-order chi connectivity index (χ1) is 13.2. The summed E-state index contributed by atoms with van der Waals surface area (Å²) in [5.74, 6) is 1.74. The number of aromatic nitrogens is 2. The molecule has 140 valence electrons. The predicted octanol–water partition coefficient (Wildman–Crippen LogP) is 4.51. The van der Waals surface area contributed by atoms with Crippen molar-refractivity contribution in [3.63, 3.8) is 0 Å². The van der Waals surface area contributed by atoms with E-state index in [1.165, 1.54) is 0 Å². The summed E-state index contributed by atoms with van der Waals surface area (Å²) in [5, 5.41) is 7.49. The first-order valence-corrected chi connectivity index (χ1v) is 10.0. The molecule has 0 fully saturated rings. The first kappa shape index (κ1) is 17.7. The highest BCUT2D eigenvalue weighted by Crippen LogP contribution is 2.24. The third-order valence-corrected chi connectivity index (χ3v) is 5.52. The molecule has 7 heteroatoms. The fourth-order valence-electron chi connectivity index (χ4n) is 3.17. The molecule has 0 atom stereocenters. The Morgan fingerprint density at radius 1 is 1.26 bits per heavy atom. The van der Waals surface area contributed by atoms with Crippen molar-refractivity contribution < 1.29 is 9.21 Å². The molecule has 3 aromatic rings. The van der Waals surface area contributed by atoms with Crippen LogP contribution in [0, 0.1) is 6.92 Å². The summed E-state index contributed by atoms with van der Waals surface area (Å²) in [7, 11) is 0. The van der Waals surface area contributed by atoms with Crippen LogP contribution < -0.4 is 5.32 Å². The van der Waals surface area contributed by atoms with Crippen LogP contribution in [0.5, 0.6) is 0 Å². The summed E-state index contributed by atoms with van der Waals surface area (Å²) >= 11 is 1.70. The van der Waals surface area contributed by atoms with Gasteiger partial charge in [-0.2, -0.15) is 5.10 Å². The number of nitrogens with one attached hydrogen (secondary N) is 1. The lowest BCUT2D eigenvalue weighted by molar-refractivity contribution is 0.210. The van der Waals surface area contributed by atoms with Gasteiger partial charge in [-0.25, -0.2) is 4.79 Å². The zero-order valence-corrected chi connectivity index (χ0v) is 16.0. The van der Waals surface area contributed by atoms with Crippen LogP contribution in [0.3, 0.4) is 0 Å². The van der Waals surface area contributed by atoms with Gasteiger partial charge in [0.15, 0.2) is 0 Å². The summed E-state index contributed by atoms with van der Waals surface area (Å²) in [4.78, 5) is 15.7. The Balaban J connectivity index is 1.35. The molecule has 1 aliphatic heterocycles. The molecule has 0 spiro atoms. The van der Waals surface area contributed by atoms with Gasteiger partial charge in [0.1, 0.15) is 5.76 Å². The van der Waals surface area contributed by atoms with Crippen LogP contribution in [0.15, 0.2) is 58.0 Å². The van der Waals surface area contributed by atoms with Gasteiger partial charge in [-0.1, -0.05) is 0 Å². The highest BCUT2D eigenvalue weighted by atomic mass is 32.2. The summed E-state index contributed by atoms with van der Waals surface area (Å²) in [6.45, 7) is 4.15. The maximum Gasteiger partial charge on any atom is 0.322 e. The topological polar surface area (TPSA) is 63.3 Å². The third kappa shape index (κ3) is 4.36. The van der Waals surface area contributed by atoms with Gasteiger partial charge in [0.05, 0.1) is 29.9 Å². The number of fused-ring (bicyclic) bond motifs is 1. The summed E-state index contributed by atoms with van der Waals surface area (Å²) in [5.41, 5.74) is 2.89. The molecule has 1 aromatic carbocycles. The number of aryl methyl sites for hydroxylation is 2. The van der Waals surface area contributed by atoms with Crippen molar-refractivity contribution in [2.24, 2.45) is 0 Å². The van der Waals surface area contributed by atoms with Crippen LogP contribution in [-0.2, 0) is 18.8 Å². The number of carbonyl (C=O) groups is 1. The SMILES string of the molecule is Cc1cc2n(n1)CCCN(C(=O)Nc1ccc(SCc3ccco3)cc1)C2. The normalized spacial score (nSPS) is 13.9. The smallest absolute Gasteiger partial charge is 0.322 e. The van der Waals surface area contributed by atoms with E-state index >= 15 is 0 Å². The van der Waals surface area contributed by atoms with Crippen LogP contribution in [0.4, 0.5) is 10.5 Å². The molecule has 2 amide bonds. The Bertz CT molecular complexity index is 903. The Hall–Kier alpha value is -2.67. The summed E-state index contributed by atoms with van der Waals surface area (Å²) in [6, 6.07) is 13.8. The van der Waals surface area contributed by atoms with Crippen molar-refractivity contribution in [1.29, 1.82) is 0 Å². The van der Waals surface area contributed by atoms with Crippen LogP contribution in [0.1, 0.15) is 23.6 Å². The zero-order chi connectivity index (χ0) is 18.6. The number of furan rings is 1. The van der Waals surface area contributed by atoms with Gasteiger partial charge < -0.3 is 14.6 Å². The monoisotopic (exact) mass is 382 g/mol. The Morgan fingerprint density at radius 2 is 2.11 bits per heavy atom. The van der Waals surface area contributed by atoms with Crippen molar-refractivity contribution in [2.75, 3.05) is 11.9 Å². The van der Waals surface area contributed by atoms with Gasteiger partial charge in [-0.05, 0) is 55.8 Å². The lowest BCUT2D eigenvalue weighted by Gasteiger charge is -2.20. The van der Waals surface area contributed by atoms with Gasteiger partial charge in [0.25, 0.3) is 0 Å². The summed E-state index contributed by atoms with van der Waals surface area (Å²) in [6.07, 6.45) is 2.59. The highest BCUT2D eigenvalue weighted by Gasteiger charge is 2.20. The van der Waals surface area contributed by atoms with E-state index in [-0.39, 0.29) is 6.03 Å². The lowest BCUT2D eigenvalue weighted by Crippen LogP contribution is -2.34. The van der Waals surface area contributed by atoms with E-state index in [0.717, 1.165) is 53.0 Å². The first-order valence-electron chi connectivity index (χ1n) is 9.02. The zero-order valence-electron chi connectivity index (χ0n) is 15.2. The van der Waals surface area contributed by atoms with E-state index in [0.29, 0.717) is 6.54 Å². The lowest BCUT2D eigenvalue weighted by atomic mass is 10.3. The minimum Gasteiger partial charge on any atom is -0.468 e. The predicted molar refractivity (Wildman–Crippen MR) is 106 cm³/mol. The Kier molecular flexibility index (Phi) is 5.20. The van der Waals surface area contributed by atoms with Crippen LogP contribution in [-0.4, -0.2) is 27.3 Å². The van der Waals surface area contributed by atoms with Crippen molar-refractivity contribution in [1.82, 2.24) is 14.7 Å². The van der Waals surface area contributed by atoms with E-state index in [1.807, 2.05) is 52.9 Å². The van der Waals surface area contributed by atoms with Crippen LogP contribution in [0.2, 0.25) is 0 Å². The maximum atomic E-state index is 12.7. The Morgan fingerprint density at radius 3 is 2.89 bits per heavy atom. The number of thioether (sulfide) groups is 1. The van der Waals surface area contributed by atoms with Crippen LogP contribution in [0.25, 0.3) is 0 Å². The van der Waals surface area contributed by atoms with E-state index in [4.69, 9.17) is 4.42 Å². The Labute approximate surface area is 162 Å². The largest absolute Gasteiger partial charge is 0.468 e. The molecule has 0 aliphatic carbocycles. The molecule has 0 radical (unpaired) electrons. The van der Waals surface area contributed by atoms with Gasteiger partial charge in [0.2, 0.25) is 0 Å². The molecule has 4 rings (SSSR count). The van der Waals surface area contributed by atoms with Crippen molar-refractivity contribution in [3.05, 3.63) is 65.9 Å².